The first-order valence-corrected chi connectivity index (χ1v) is 11.8. The molecule has 31 heavy (non-hydrogen) atoms. The number of nitrogens with two attached hydrogens (primary N) is 1. The summed E-state index contributed by atoms with van der Waals surface area (Å²) in [5.74, 6) is 1.74. The number of nitrogens with one attached hydrogen (secondary N) is 3. The van der Waals surface area contributed by atoms with Gasteiger partial charge in [-0.2, -0.15) is 15.0 Å². The molecule has 1 saturated carbocycles. The molecule has 0 bridgehead atoms. The molecule has 1 aliphatic heterocycles. The third-order valence-corrected chi connectivity index (χ3v) is 5.50. The fourth-order valence-electron chi connectivity index (χ4n) is 3.86. The van der Waals surface area contributed by atoms with Gasteiger partial charge < -0.3 is 35.9 Å². The Hall–Kier alpha value is -1.75. The molecule has 0 radical (unpaired) electrons. The number of hydrogen-bond donors (Lipinski definition) is 4. The maximum Gasteiger partial charge on any atom is 0.229 e. The van der Waals surface area contributed by atoms with E-state index in [1.807, 2.05) is 0 Å². The molecule has 1 aromatic rings. The first-order chi connectivity index (χ1) is 15.3. The molecule has 0 spiro atoms. The largest absolute Gasteiger partial charge is 0.378 e. The lowest BCUT2D eigenvalue weighted by Crippen LogP contribution is -2.23. The van der Waals surface area contributed by atoms with Crippen molar-refractivity contribution < 1.29 is 14.2 Å². The summed E-state index contributed by atoms with van der Waals surface area (Å²) in [6, 6.07) is 0.417. The molecule has 2 heterocycles. The Bertz CT molecular complexity index is 609. The van der Waals surface area contributed by atoms with Gasteiger partial charge in [0.25, 0.3) is 0 Å². The highest BCUT2D eigenvalue weighted by molar-refractivity contribution is 5.42. The van der Waals surface area contributed by atoms with E-state index in [1.165, 1.54) is 25.7 Å². The summed E-state index contributed by atoms with van der Waals surface area (Å²) in [4.78, 5) is 13.7. The van der Waals surface area contributed by atoms with Crippen LogP contribution < -0.4 is 21.7 Å². The van der Waals surface area contributed by atoms with Crippen LogP contribution in [0.4, 0.5) is 17.8 Å². The van der Waals surface area contributed by atoms with E-state index in [4.69, 9.17) is 19.9 Å². The Kier molecular flexibility index (Phi) is 11.1. The van der Waals surface area contributed by atoms with E-state index in [0.29, 0.717) is 69.9 Å². The lowest BCUT2D eigenvalue weighted by Gasteiger charge is -2.18. The van der Waals surface area contributed by atoms with Gasteiger partial charge in [-0.05, 0) is 25.7 Å². The summed E-state index contributed by atoms with van der Waals surface area (Å²) >= 11 is 0. The monoisotopic (exact) mass is 437 g/mol. The molecule has 1 saturated heterocycles. The average molecular weight is 438 g/mol. The zero-order chi connectivity index (χ0) is 21.6. The van der Waals surface area contributed by atoms with Crippen LogP contribution in [0.2, 0.25) is 0 Å². The van der Waals surface area contributed by atoms with Crippen LogP contribution in [0.5, 0.6) is 0 Å². The van der Waals surface area contributed by atoms with Crippen molar-refractivity contribution >= 4 is 17.8 Å². The highest BCUT2D eigenvalue weighted by Gasteiger charge is 2.17. The van der Waals surface area contributed by atoms with Crippen LogP contribution in [0.25, 0.3) is 0 Å². The Labute approximate surface area is 185 Å². The van der Waals surface area contributed by atoms with Gasteiger partial charge in [0.15, 0.2) is 0 Å². The maximum absolute atomic E-state index is 5.70. The van der Waals surface area contributed by atoms with Gasteiger partial charge in [-0.25, -0.2) is 0 Å². The Morgan fingerprint density at radius 3 is 2.23 bits per heavy atom. The molecule has 5 N–H and O–H groups in total. The lowest BCUT2D eigenvalue weighted by atomic mass is 10.1. The topological polar surface area (TPSA) is 128 Å². The van der Waals surface area contributed by atoms with Gasteiger partial charge in [0.1, 0.15) is 0 Å². The average Bonchev–Trinajstić information content (AvgIpc) is 3.17. The van der Waals surface area contributed by atoms with Gasteiger partial charge in [0, 0.05) is 32.3 Å². The van der Waals surface area contributed by atoms with E-state index in [9.17, 15) is 0 Å². The molecular formula is C21H39N7O3. The molecule has 0 aromatic carbocycles. The predicted molar refractivity (Wildman–Crippen MR) is 122 cm³/mol. The smallest absolute Gasteiger partial charge is 0.229 e. The Balaban J connectivity index is 1.50. The second-order valence-electron chi connectivity index (χ2n) is 8.10. The molecule has 1 aromatic heterocycles. The summed E-state index contributed by atoms with van der Waals surface area (Å²) in [5.41, 5.74) is 5.39. The molecule has 1 unspecified atom stereocenters. The zero-order valence-electron chi connectivity index (χ0n) is 18.6. The summed E-state index contributed by atoms with van der Waals surface area (Å²) in [6.07, 6.45) is 9.86. The lowest BCUT2D eigenvalue weighted by molar-refractivity contribution is 0.0547. The minimum Gasteiger partial charge on any atom is -0.378 e. The van der Waals surface area contributed by atoms with Gasteiger partial charge in [0.05, 0.1) is 32.5 Å². The third-order valence-electron chi connectivity index (χ3n) is 5.50. The number of ether oxygens (including phenoxy) is 3. The fourth-order valence-corrected chi connectivity index (χ4v) is 3.86. The van der Waals surface area contributed by atoms with Gasteiger partial charge in [0.2, 0.25) is 17.8 Å². The van der Waals surface area contributed by atoms with Crippen molar-refractivity contribution in [3.05, 3.63) is 0 Å². The zero-order valence-corrected chi connectivity index (χ0v) is 18.6. The molecule has 2 aliphatic rings. The molecule has 1 atom stereocenters. The third kappa shape index (κ3) is 9.51. The van der Waals surface area contributed by atoms with Crippen molar-refractivity contribution in [2.45, 2.75) is 63.5 Å². The van der Waals surface area contributed by atoms with E-state index < -0.39 is 0 Å². The van der Waals surface area contributed by atoms with Crippen LogP contribution in [0.3, 0.4) is 0 Å². The summed E-state index contributed by atoms with van der Waals surface area (Å²) in [6.45, 7) is 4.88. The first-order valence-electron chi connectivity index (χ1n) is 11.8. The summed E-state index contributed by atoms with van der Waals surface area (Å²) in [5, 5.41) is 10.1. The molecule has 1 aliphatic carbocycles. The minimum atomic E-state index is 0.223. The van der Waals surface area contributed by atoms with E-state index in [0.717, 1.165) is 32.3 Å². The second kappa shape index (κ2) is 14.3. The van der Waals surface area contributed by atoms with Crippen LogP contribution in [0.1, 0.15) is 51.4 Å². The van der Waals surface area contributed by atoms with Gasteiger partial charge in [-0.15, -0.1) is 0 Å². The Morgan fingerprint density at radius 1 is 0.806 bits per heavy atom. The molecular weight excluding hydrogens is 398 g/mol. The fraction of sp³-hybridized carbons (Fsp3) is 0.857. The standard InChI is InChI=1S/C21H39N7O3/c22-9-12-29-14-15-30-13-10-23-19-26-20(24-16-18-8-5-11-31-18)28-21(27-19)25-17-6-3-1-2-4-7-17/h17-18H,1-16,22H2,(H3,23,24,25,26,27,28). The van der Waals surface area contributed by atoms with Gasteiger partial charge in [-0.1, -0.05) is 25.7 Å². The Morgan fingerprint density at radius 2 is 1.52 bits per heavy atom. The quantitative estimate of drug-likeness (QED) is 0.253. The van der Waals surface area contributed by atoms with Crippen LogP contribution in [-0.4, -0.2) is 79.8 Å². The summed E-state index contributed by atoms with van der Waals surface area (Å²) < 4.78 is 16.6. The molecule has 10 heteroatoms. The van der Waals surface area contributed by atoms with Crippen molar-refractivity contribution in [3.63, 3.8) is 0 Å². The van der Waals surface area contributed by atoms with Crippen molar-refractivity contribution in [2.75, 3.05) is 68.6 Å². The van der Waals surface area contributed by atoms with Gasteiger partial charge >= 0.3 is 0 Å². The molecule has 176 valence electrons. The molecule has 0 amide bonds. The first kappa shape index (κ1) is 23.9. The van der Waals surface area contributed by atoms with Crippen molar-refractivity contribution in [1.29, 1.82) is 0 Å². The number of hydrogen-bond acceptors (Lipinski definition) is 10. The van der Waals surface area contributed by atoms with E-state index in [2.05, 4.69) is 30.9 Å². The summed E-state index contributed by atoms with van der Waals surface area (Å²) in [7, 11) is 0. The van der Waals surface area contributed by atoms with E-state index in [1.54, 1.807) is 0 Å². The van der Waals surface area contributed by atoms with Crippen LogP contribution >= 0.6 is 0 Å². The number of anilines is 3. The maximum atomic E-state index is 5.70. The van der Waals surface area contributed by atoms with Crippen molar-refractivity contribution in [3.8, 4) is 0 Å². The number of rotatable bonds is 14. The van der Waals surface area contributed by atoms with E-state index >= 15 is 0 Å². The van der Waals surface area contributed by atoms with Crippen molar-refractivity contribution in [1.82, 2.24) is 15.0 Å². The second-order valence-corrected chi connectivity index (χ2v) is 8.10. The number of nitrogens with zero attached hydrogens (tertiary/aromatic N) is 3. The highest BCUT2D eigenvalue weighted by Crippen LogP contribution is 2.21. The predicted octanol–water partition coefficient (Wildman–Crippen LogP) is 2.00. The molecule has 3 rings (SSSR count). The van der Waals surface area contributed by atoms with Crippen LogP contribution in [0.15, 0.2) is 0 Å². The minimum absolute atomic E-state index is 0.223. The molecule has 10 nitrogen and oxygen atoms in total. The van der Waals surface area contributed by atoms with Crippen LogP contribution in [0, 0.1) is 0 Å². The SMILES string of the molecule is NCCOCCOCCNc1nc(NCC2CCCO2)nc(NC2CCCCCC2)n1. The highest BCUT2D eigenvalue weighted by atomic mass is 16.5. The number of aromatic nitrogens is 3. The normalized spacial score (nSPS) is 19.8. The van der Waals surface area contributed by atoms with Crippen LogP contribution in [-0.2, 0) is 14.2 Å². The van der Waals surface area contributed by atoms with E-state index in [-0.39, 0.29) is 6.10 Å². The van der Waals surface area contributed by atoms with Crippen molar-refractivity contribution in [2.24, 2.45) is 5.73 Å². The van der Waals surface area contributed by atoms with Gasteiger partial charge in [-0.3, -0.25) is 0 Å². The molecule has 2 fully saturated rings.